The molecule has 0 N–H and O–H groups in total. The summed E-state index contributed by atoms with van der Waals surface area (Å²) in [7, 11) is 0. The first-order chi connectivity index (χ1) is 12.9. The molecule has 0 atom stereocenters. The number of aryl methyl sites for hydroxylation is 1. The predicted molar refractivity (Wildman–Crippen MR) is 101 cm³/mol. The van der Waals surface area contributed by atoms with Crippen LogP contribution in [0.3, 0.4) is 0 Å². The van der Waals surface area contributed by atoms with Crippen LogP contribution in [0.4, 0.5) is 17.6 Å². The molecule has 28 heavy (non-hydrogen) atoms. The van der Waals surface area contributed by atoms with Gasteiger partial charge in [-0.25, -0.2) is 9.37 Å². The number of hydrogen-bond acceptors (Lipinski definition) is 3. The smallest absolute Gasteiger partial charge is 0.379 e. The summed E-state index contributed by atoms with van der Waals surface area (Å²) in [5.74, 6) is -0.487. The van der Waals surface area contributed by atoms with E-state index in [1.54, 1.807) is 19.1 Å². The Balaban J connectivity index is 0.00000225. The number of aromatic nitrogens is 2. The molecular formula is C19H20ClF4N3O. The molecule has 0 saturated carbocycles. The molecule has 3 heterocycles. The molecule has 1 aromatic carbocycles. The SMILES string of the molecule is Cc1ccc2c3ccnc(C(F)(F)F)c3n(CCN3CCOCC3)c2c1F.Cl. The molecule has 1 aliphatic rings. The maximum Gasteiger partial charge on any atom is 0.435 e. The van der Waals surface area contributed by atoms with Crippen molar-refractivity contribution in [2.75, 3.05) is 32.8 Å². The second kappa shape index (κ2) is 7.85. The van der Waals surface area contributed by atoms with Gasteiger partial charge in [-0.05, 0) is 18.6 Å². The fourth-order valence-corrected chi connectivity index (χ4v) is 3.70. The maximum atomic E-state index is 14.9. The number of nitrogens with zero attached hydrogens (tertiary/aromatic N) is 3. The molecule has 0 radical (unpaired) electrons. The third kappa shape index (κ3) is 3.56. The average Bonchev–Trinajstić information content (AvgIpc) is 2.97. The van der Waals surface area contributed by atoms with E-state index in [0.717, 1.165) is 6.20 Å². The number of ether oxygens (including phenoxy) is 1. The Labute approximate surface area is 165 Å². The van der Waals surface area contributed by atoms with Crippen molar-refractivity contribution in [1.82, 2.24) is 14.5 Å². The van der Waals surface area contributed by atoms with Crippen LogP contribution in [0.2, 0.25) is 0 Å². The molecule has 0 unspecified atom stereocenters. The molecule has 4 rings (SSSR count). The largest absolute Gasteiger partial charge is 0.435 e. The Morgan fingerprint density at radius 3 is 2.39 bits per heavy atom. The summed E-state index contributed by atoms with van der Waals surface area (Å²) in [5, 5.41) is 0.844. The van der Waals surface area contributed by atoms with Crippen molar-refractivity contribution in [3.63, 3.8) is 0 Å². The van der Waals surface area contributed by atoms with Crippen LogP contribution >= 0.6 is 12.4 Å². The molecule has 1 saturated heterocycles. The first-order valence-electron chi connectivity index (χ1n) is 8.81. The van der Waals surface area contributed by atoms with Crippen molar-refractivity contribution in [3.05, 3.63) is 41.5 Å². The van der Waals surface area contributed by atoms with Gasteiger partial charge in [-0.15, -0.1) is 12.4 Å². The van der Waals surface area contributed by atoms with Gasteiger partial charge >= 0.3 is 6.18 Å². The first kappa shape index (κ1) is 20.8. The van der Waals surface area contributed by atoms with Gasteiger partial charge in [0, 0.05) is 43.1 Å². The normalized spacial score (nSPS) is 15.9. The van der Waals surface area contributed by atoms with Gasteiger partial charge in [-0.3, -0.25) is 4.90 Å². The zero-order chi connectivity index (χ0) is 19.2. The maximum absolute atomic E-state index is 14.9. The molecular weight excluding hydrogens is 398 g/mol. The van der Waals surface area contributed by atoms with Gasteiger partial charge in [0.05, 0.1) is 24.2 Å². The van der Waals surface area contributed by atoms with Crippen molar-refractivity contribution in [2.24, 2.45) is 0 Å². The van der Waals surface area contributed by atoms with Gasteiger partial charge in [-0.1, -0.05) is 12.1 Å². The quantitative estimate of drug-likeness (QED) is 0.591. The molecule has 1 aliphatic heterocycles. The summed E-state index contributed by atoms with van der Waals surface area (Å²) in [6.45, 7) is 4.98. The van der Waals surface area contributed by atoms with Crippen LogP contribution in [0.25, 0.3) is 21.8 Å². The number of alkyl halides is 3. The Hall–Kier alpha value is -1.90. The lowest BCUT2D eigenvalue weighted by Crippen LogP contribution is -2.38. The number of rotatable bonds is 3. The molecule has 0 spiro atoms. The average molecular weight is 418 g/mol. The van der Waals surface area contributed by atoms with Crippen molar-refractivity contribution in [1.29, 1.82) is 0 Å². The lowest BCUT2D eigenvalue weighted by molar-refractivity contribution is -0.140. The third-order valence-electron chi connectivity index (χ3n) is 5.08. The number of halogens is 5. The summed E-state index contributed by atoms with van der Waals surface area (Å²) in [5.41, 5.74) is -0.427. The molecule has 3 aromatic rings. The lowest BCUT2D eigenvalue weighted by Gasteiger charge is -2.27. The summed E-state index contributed by atoms with van der Waals surface area (Å²) in [6.07, 6.45) is -3.48. The van der Waals surface area contributed by atoms with Gasteiger partial charge < -0.3 is 9.30 Å². The van der Waals surface area contributed by atoms with E-state index in [9.17, 15) is 17.6 Å². The number of pyridine rings is 1. The Bertz CT molecular complexity index is 996. The van der Waals surface area contributed by atoms with E-state index in [1.807, 2.05) is 0 Å². The number of hydrogen-bond donors (Lipinski definition) is 0. The van der Waals surface area contributed by atoms with E-state index < -0.39 is 17.7 Å². The van der Waals surface area contributed by atoms with Crippen LogP contribution in [0.1, 0.15) is 11.3 Å². The van der Waals surface area contributed by atoms with Crippen LogP contribution in [-0.4, -0.2) is 47.3 Å². The number of benzene rings is 1. The zero-order valence-electron chi connectivity index (χ0n) is 15.2. The summed E-state index contributed by atoms with van der Waals surface area (Å²) in [6, 6.07) is 4.80. The zero-order valence-corrected chi connectivity index (χ0v) is 16.0. The van der Waals surface area contributed by atoms with Gasteiger partial charge in [0.1, 0.15) is 5.82 Å². The lowest BCUT2D eigenvalue weighted by atomic mass is 10.1. The van der Waals surface area contributed by atoms with Gasteiger partial charge in [0.2, 0.25) is 0 Å². The van der Waals surface area contributed by atoms with E-state index in [1.165, 1.54) is 10.6 Å². The van der Waals surface area contributed by atoms with Crippen LogP contribution in [-0.2, 0) is 17.5 Å². The standard InChI is InChI=1S/C19H19F4N3O.ClH/c1-12-2-3-13-14-4-5-24-18(19(21,22)23)17(14)26(16(13)15(12)20)7-6-25-8-10-27-11-9-25;/h2-5H,6-11H2,1H3;1H. The molecule has 4 nitrogen and oxygen atoms in total. The summed E-state index contributed by atoms with van der Waals surface area (Å²) < 4.78 is 62.5. The van der Waals surface area contributed by atoms with Crippen molar-refractivity contribution in [2.45, 2.75) is 19.6 Å². The minimum absolute atomic E-state index is 0. The van der Waals surface area contributed by atoms with Crippen molar-refractivity contribution < 1.29 is 22.3 Å². The third-order valence-corrected chi connectivity index (χ3v) is 5.08. The Morgan fingerprint density at radius 1 is 1.04 bits per heavy atom. The van der Waals surface area contributed by atoms with Gasteiger partial charge in [0.15, 0.2) is 5.69 Å². The van der Waals surface area contributed by atoms with Gasteiger partial charge in [0.25, 0.3) is 0 Å². The monoisotopic (exact) mass is 417 g/mol. The molecule has 9 heteroatoms. The molecule has 0 aliphatic carbocycles. The van der Waals surface area contributed by atoms with Crippen LogP contribution in [0.5, 0.6) is 0 Å². The van der Waals surface area contributed by atoms with Crippen LogP contribution < -0.4 is 0 Å². The topological polar surface area (TPSA) is 30.3 Å². The molecule has 1 fully saturated rings. The highest BCUT2D eigenvalue weighted by atomic mass is 35.5. The number of fused-ring (bicyclic) bond motifs is 3. The summed E-state index contributed by atoms with van der Waals surface area (Å²) in [4.78, 5) is 5.69. The fourth-order valence-electron chi connectivity index (χ4n) is 3.70. The highest BCUT2D eigenvalue weighted by molar-refractivity contribution is 6.09. The minimum atomic E-state index is -4.61. The van der Waals surface area contributed by atoms with Crippen molar-refractivity contribution in [3.8, 4) is 0 Å². The van der Waals surface area contributed by atoms with E-state index in [-0.39, 0.29) is 30.0 Å². The molecule has 0 amide bonds. The van der Waals surface area contributed by atoms with Gasteiger partial charge in [-0.2, -0.15) is 13.2 Å². The van der Waals surface area contributed by atoms with Crippen LogP contribution in [0.15, 0.2) is 24.4 Å². The van der Waals surface area contributed by atoms with E-state index in [2.05, 4.69) is 9.88 Å². The Kier molecular flexibility index (Phi) is 5.84. The second-order valence-corrected chi connectivity index (χ2v) is 6.75. The molecule has 2 aromatic heterocycles. The predicted octanol–water partition coefficient (Wildman–Crippen LogP) is 4.41. The van der Waals surface area contributed by atoms with Crippen LogP contribution in [0, 0.1) is 12.7 Å². The second-order valence-electron chi connectivity index (χ2n) is 6.75. The first-order valence-corrected chi connectivity index (χ1v) is 8.81. The fraction of sp³-hybridized carbons (Fsp3) is 0.421. The van der Waals surface area contributed by atoms with E-state index in [4.69, 9.17) is 4.74 Å². The van der Waals surface area contributed by atoms with E-state index in [0.29, 0.717) is 49.2 Å². The highest BCUT2D eigenvalue weighted by Gasteiger charge is 2.37. The molecule has 152 valence electrons. The van der Waals surface area contributed by atoms with E-state index >= 15 is 0 Å². The minimum Gasteiger partial charge on any atom is -0.379 e. The van der Waals surface area contributed by atoms with Crippen molar-refractivity contribution >= 4 is 34.2 Å². The summed E-state index contributed by atoms with van der Waals surface area (Å²) >= 11 is 0. The molecule has 0 bridgehead atoms. The Morgan fingerprint density at radius 2 is 1.71 bits per heavy atom. The highest BCUT2D eigenvalue weighted by Crippen LogP contribution is 2.38. The number of morpholine rings is 1.